The van der Waals surface area contributed by atoms with Crippen molar-refractivity contribution < 1.29 is 9.59 Å². The first kappa shape index (κ1) is 19.5. The predicted molar refractivity (Wildman–Crippen MR) is 108 cm³/mol. The van der Waals surface area contributed by atoms with E-state index in [4.69, 9.17) is 0 Å². The highest BCUT2D eigenvalue weighted by Crippen LogP contribution is 2.24. The molecular formula is C20H26N4O2S. The van der Waals surface area contributed by atoms with Gasteiger partial charge in [-0.2, -0.15) is 0 Å². The SMILES string of the molecule is Cc1ccc(-c2nc(C(=O)N3CCCN(CC(=O)N(C)C)CC3)cs2)cc1. The van der Waals surface area contributed by atoms with Crippen LogP contribution in [-0.4, -0.2) is 78.3 Å². The van der Waals surface area contributed by atoms with Crippen LogP contribution in [-0.2, 0) is 4.79 Å². The Morgan fingerprint density at radius 1 is 1.11 bits per heavy atom. The summed E-state index contributed by atoms with van der Waals surface area (Å²) in [6.07, 6.45) is 0.863. The van der Waals surface area contributed by atoms with Gasteiger partial charge < -0.3 is 9.80 Å². The molecule has 3 rings (SSSR count). The quantitative estimate of drug-likeness (QED) is 0.809. The molecule has 7 heteroatoms. The van der Waals surface area contributed by atoms with Crippen LogP contribution in [0.3, 0.4) is 0 Å². The van der Waals surface area contributed by atoms with Gasteiger partial charge in [-0.1, -0.05) is 29.8 Å². The molecule has 0 saturated carbocycles. The maximum Gasteiger partial charge on any atom is 0.273 e. The molecule has 0 unspecified atom stereocenters. The Morgan fingerprint density at radius 2 is 1.85 bits per heavy atom. The molecule has 2 amide bonds. The Morgan fingerprint density at radius 3 is 2.56 bits per heavy atom. The minimum Gasteiger partial charge on any atom is -0.348 e. The summed E-state index contributed by atoms with van der Waals surface area (Å²) in [5.41, 5.74) is 2.75. The van der Waals surface area contributed by atoms with Crippen LogP contribution in [0.25, 0.3) is 10.6 Å². The number of amides is 2. The summed E-state index contributed by atoms with van der Waals surface area (Å²) < 4.78 is 0. The second-order valence-electron chi connectivity index (χ2n) is 7.11. The lowest BCUT2D eigenvalue weighted by molar-refractivity contribution is -0.129. The minimum atomic E-state index is -0.0228. The van der Waals surface area contributed by atoms with Crippen molar-refractivity contribution in [3.63, 3.8) is 0 Å². The second kappa shape index (κ2) is 8.63. The van der Waals surface area contributed by atoms with E-state index in [9.17, 15) is 9.59 Å². The highest BCUT2D eigenvalue weighted by molar-refractivity contribution is 7.13. The Labute approximate surface area is 164 Å². The Kier molecular flexibility index (Phi) is 6.23. The summed E-state index contributed by atoms with van der Waals surface area (Å²) >= 11 is 1.50. The normalized spacial score (nSPS) is 15.4. The zero-order valence-corrected chi connectivity index (χ0v) is 17.0. The number of benzene rings is 1. The number of aryl methyl sites for hydroxylation is 1. The van der Waals surface area contributed by atoms with Crippen molar-refractivity contribution in [1.29, 1.82) is 0 Å². The summed E-state index contributed by atoms with van der Waals surface area (Å²) in [5.74, 6) is 0.0717. The number of likely N-dealkylation sites (N-methyl/N-ethyl adjacent to an activating group) is 1. The third kappa shape index (κ3) is 4.93. The van der Waals surface area contributed by atoms with Gasteiger partial charge in [-0.15, -0.1) is 11.3 Å². The molecule has 1 fully saturated rings. The van der Waals surface area contributed by atoms with Crippen LogP contribution in [0.2, 0.25) is 0 Å². The van der Waals surface area contributed by atoms with E-state index in [1.807, 2.05) is 22.4 Å². The molecule has 0 spiro atoms. The summed E-state index contributed by atoms with van der Waals surface area (Å²) in [6, 6.07) is 8.18. The van der Waals surface area contributed by atoms with Gasteiger partial charge in [0.15, 0.2) is 0 Å². The first-order valence-corrected chi connectivity index (χ1v) is 10.1. The Balaban J connectivity index is 1.63. The first-order chi connectivity index (χ1) is 12.9. The average Bonchev–Trinajstić information content (AvgIpc) is 3.02. The third-order valence-electron chi connectivity index (χ3n) is 4.76. The molecule has 1 aromatic carbocycles. The van der Waals surface area contributed by atoms with Crippen molar-refractivity contribution in [1.82, 2.24) is 19.7 Å². The zero-order chi connectivity index (χ0) is 19.4. The standard InChI is InChI=1S/C20H26N4O2S/c1-15-5-7-16(8-6-15)19-21-17(14-27-19)20(26)24-10-4-9-23(11-12-24)13-18(25)22(2)3/h5-8,14H,4,9-13H2,1-3H3. The smallest absolute Gasteiger partial charge is 0.273 e. The van der Waals surface area contributed by atoms with Crippen molar-refractivity contribution in [3.05, 3.63) is 40.9 Å². The fraction of sp³-hybridized carbons (Fsp3) is 0.450. The van der Waals surface area contributed by atoms with Crippen LogP contribution >= 0.6 is 11.3 Å². The lowest BCUT2D eigenvalue weighted by Crippen LogP contribution is -2.39. The first-order valence-electron chi connectivity index (χ1n) is 9.18. The fourth-order valence-corrected chi connectivity index (χ4v) is 3.83. The van der Waals surface area contributed by atoms with E-state index in [0.29, 0.717) is 31.9 Å². The Bertz CT molecular complexity index is 801. The van der Waals surface area contributed by atoms with E-state index in [1.165, 1.54) is 16.9 Å². The molecular weight excluding hydrogens is 360 g/mol. The van der Waals surface area contributed by atoms with Gasteiger partial charge in [0.2, 0.25) is 5.91 Å². The molecule has 1 aromatic heterocycles. The van der Waals surface area contributed by atoms with Gasteiger partial charge in [-0.3, -0.25) is 14.5 Å². The molecule has 1 aliphatic rings. The maximum absolute atomic E-state index is 12.9. The van der Waals surface area contributed by atoms with Gasteiger partial charge in [-0.05, 0) is 13.3 Å². The number of thiazole rings is 1. The maximum atomic E-state index is 12.9. The van der Waals surface area contributed by atoms with Crippen LogP contribution in [0.15, 0.2) is 29.6 Å². The number of hydrogen-bond donors (Lipinski definition) is 0. The van der Waals surface area contributed by atoms with Gasteiger partial charge in [-0.25, -0.2) is 4.98 Å². The molecule has 0 radical (unpaired) electrons. The number of carbonyl (C=O) groups is 2. The highest BCUT2D eigenvalue weighted by Gasteiger charge is 2.23. The van der Waals surface area contributed by atoms with Crippen LogP contribution in [0.5, 0.6) is 0 Å². The second-order valence-corrected chi connectivity index (χ2v) is 7.97. The lowest BCUT2D eigenvalue weighted by Gasteiger charge is -2.22. The molecule has 144 valence electrons. The van der Waals surface area contributed by atoms with Crippen molar-refractivity contribution in [2.24, 2.45) is 0 Å². The number of rotatable bonds is 4. The number of carbonyl (C=O) groups excluding carboxylic acids is 2. The van der Waals surface area contributed by atoms with Crippen LogP contribution in [0.4, 0.5) is 0 Å². The molecule has 6 nitrogen and oxygen atoms in total. The molecule has 0 bridgehead atoms. The summed E-state index contributed by atoms with van der Waals surface area (Å²) in [7, 11) is 3.54. The lowest BCUT2D eigenvalue weighted by atomic mass is 10.2. The number of hydrogen-bond acceptors (Lipinski definition) is 5. The van der Waals surface area contributed by atoms with Gasteiger partial charge >= 0.3 is 0 Å². The molecule has 2 heterocycles. The fourth-order valence-electron chi connectivity index (χ4n) is 3.03. The van der Waals surface area contributed by atoms with Gasteiger partial charge in [0.1, 0.15) is 10.7 Å². The van der Waals surface area contributed by atoms with Gasteiger partial charge in [0, 0.05) is 51.2 Å². The van der Waals surface area contributed by atoms with Crippen LogP contribution < -0.4 is 0 Å². The predicted octanol–water partition coefficient (Wildman–Crippen LogP) is 2.35. The summed E-state index contributed by atoms with van der Waals surface area (Å²) in [6.45, 7) is 5.31. The Hall–Kier alpha value is -2.25. The van der Waals surface area contributed by atoms with Crippen molar-refractivity contribution >= 4 is 23.2 Å². The average molecular weight is 387 g/mol. The van der Waals surface area contributed by atoms with Crippen LogP contribution in [0, 0.1) is 6.92 Å². The molecule has 27 heavy (non-hydrogen) atoms. The molecule has 0 aliphatic carbocycles. The summed E-state index contributed by atoms with van der Waals surface area (Å²) in [4.78, 5) is 34.9. The molecule has 1 saturated heterocycles. The molecule has 2 aromatic rings. The van der Waals surface area contributed by atoms with Gasteiger partial charge in [0.05, 0.1) is 6.54 Å². The largest absolute Gasteiger partial charge is 0.348 e. The highest BCUT2D eigenvalue weighted by atomic mass is 32.1. The van der Waals surface area contributed by atoms with E-state index in [1.54, 1.807) is 19.0 Å². The van der Waals surface area contributed by atoms with Crippen molar-refractivity contribution in [2.75, 3.05) is 46.8 Å². The topological polar surface area (TPSA) is 56.8 Å². The van der Waals surface area contributed by atoms with E-state index in [0.717, 1.165) is 23.5 Å². The van der Waals surface area contributed by atoms with Gasteiger partial charge in [0.25, 0.3) is 5.91 Å². The van der Waals surface area contributed by atoms with E-state index in [-0.39, 0.29) is 11.8 Å². The summed E-state index contributed by atoms with van der Waals surface area (Å²) in [5, 5.41) is 2.71. The van der Waals surface area contributed by atoms with Crippen molar-refractivity contribution in [3.8, 4) is 10.6 Å². The molecule has 0 atom stereocenters. The van der Waals surface area contributed by atoms with Crippen LogP contribution in [0.1, 0.15) is 22.5 Å². The van der Waals surface area contributed by atoms with E-state index in [2.05, 4.69) is 28.9 Å². The number of nitrogens with zero attached hydrogens (tertiary/aromatic N) is 4. The number of aromatic nitrogens is 1. The zero-order valence-electron chi connectivity index (χ0n) is 16.1. The molecule has 0 N–H and O–H groups in total. The monoisotopic (exact) mass is 386 g/mol. The molecule has 1 aliphatic heterocycles. The minimum absolute atomic E-state index is 0.0228. The van der Waals surface area contributed by atoms with E-state index >= 15 is 0 Å². The third-order valence-corrected chi connectivity index (χ3v) is 5.65. The van der Waals surface area contributed by atoms with E-state index < -0.39 is 0 Å². The van der Waals surface area contributed by atoms with Crippen molar-refractivity contribution in [2.45, 2.75) is 13.3 Å².